The fourth-order valence-electron chi connectivity index (χ4n) is 3.54. The van der Waals surface area contributed by atoms with E-state index < -0.39 is 5.79 Å². The highest BCUT2D eigenvalue weighted by Crippen LogP contribution is 2.34. The third-order valence-corrected chi connectivity index (χ3v) is 4.87. The van der Waals surface area contributed by atoms with Crippen molar-refractivity contribution >= 4 is 6.03 Å². The maximum Gasteiger partial charge on any atom is 0.317 e. The number of hydrogen-bond donors (Lipinski definition) is 1. The molecular formula is C16H26N2O3. The molecule has 2 atom stereocenters. The normalized spacial score (nSPS) is 32.1. The summed E-state index contributed by atoms with van der Waals surface area (Å²) < 4.78 is 11.5. The third-order valence-electron chi connectivity index (χ3n) is 4.87. The van der Waals surface area contributed by atoms with Gasteiger partial charge in [0.25, 0.3) is 0 Å². The van der Waals surface area contributed by atoms with Gasteiger partial charge in [-0.1, -0.05) is 12.2 Å². The van der Waals surface area contributed by atoms with Gasteiger partial charge in [-0.15, -0.1) is 0 Å². The first-order valence-corrected chi connectivity index (χ1v) is 8.17. The lowest BCUT2D eigenvalue weighted by atomic mass is 9.90. The number of allylic oxidation sites excluding steroid dienone is 1. The van der Waals surface area contributed by atoms with Gasteiger partial charge >= 0.3 is 6.03 Å². The molecule has 0 unspecified atom stereocenters. The summed E-state index contributed by atoms with van der Waals surface area (Å²) in [5.74, 6) is -0.245. The van der Waals surface area contributed by atoms with Crippen LogP contribution in [-0.4, -0.2) is 49.1 Å². The van der Waals surface area contributed by atoms with Crippen LogP contribution in [0.15, 0.2) is 12.2 Å². The average Bonchev–Trinajstić information content (AvgIpc) is 2.97. The van der Waals surface area contributed by atoms with E-state index in [-0.39, 0.29) is 18.0 Å². The molecule has 0 spiro atoms. The van der Waals surface area contributed by atoms with E-state index >= 15 is 0 Å². The molecule has 21 heavy (non-hydrogen) atoms. The maximum absolute atomic E-state index is 12.4. The summed E-state index contributed by atoms with van der Waals surface area (Å²) >= 11 is 0. The number of carbonyl (C=O) groups excluding carboxylic acids is 1. The van der Waals surface area contributed by atoms with Gasteiger partial charge < -0.3 is 19.7 Å². The number of likely N-dealkylation sites (tertiary alicyclic amines) is 1. The third kappa shape index (κ3) is 3.40. The average molecular weight is 294 g/mol. The molecule has 1 N–H and O–H groups in total. The zero-order valence-corrected chi connectivity index (χ0v) is 12.8. The van der Waals surface area contributed by atoms with Crippen LogP contribution < -0.4 is 5.32 Å². The van der Waals surface area contributed by atoms with Gasteiger partial charge in [-0.2, -0.15) is 0 Å². The van der Waals surface area contributed by atoms with Crippen molar-refractivity contribution in [1.29, 1.82) is 0 Å². The van der Waals surface area contributed by atoms with E-state index in [0.29, 0.717) is 13.2 Å². The summed E-state index contributed by atoms with van der Waals surface area (Å²) in [6, 6.07) is 0.249. The number of nitrogens with one attached hydrogen (secondary N) is 1. The zero-order chi connectivity index (χ0) is 14.7. The lowest BCUT2D eigenvalue weighted by Gasteiger charge is -2.40. The van der Waals surface area contributed by atoms with Gasteiger partial charge in [0.1, 0.15) is 0 Å². The number of piperidine rings is 1. The van der Waals surface area contributed by atoms with E-state index in [0.717, 1.165) is 45.2 Å². The van der Waals surface area contributed by atoms with Crippen LogP contribution in [0, 0.1) is 5.92 Å². The van der Waals surface area contributed by atoms with E-state index in [1.807, 2.05) is 11.8 Å². The monoisotopic (exact) mass is 294 g/mol. The molecule has 0 bridgehead atoms. The van der Waals surface area contributed by atoms with Crippen LogP contribution in [0.2, 0.25) is 0 Å². The van der Waals surface area contributed by atoms with Gasteiger partial charge in [0.05, 0.1) is 13.2 Å². The Morgan fingerprint density at radius 2 is 2.10 bits per heavy atom. The molecule has 0 aromatic heterocycles. The van der Waals surface area contributed by atoms with Crippen LogP contribution in [0.25, 0.3) is 0 Å². The Balaban J connectivity index is 1.56. The van der Waals surface area contributed by atoms with Crippen molar-refractivity contribution in [2.45, 2.75) is 50.9 Å². The van der Waals surface area contributed by atoms with Gasteiger partial charge in [-0.25, -0.2) is 4.79 Å². The second-order valence-electron chi connectivity index (χ2n) is 6.41. The van der Waals surface area contributed by atoms with Crippen molar-refractivity contribution in [2.75, 3.05) is 26.3 Å². The quantitative estimate of drug-likeness (QED) is 0.795. The molecule has 2 aliphatic heterocycles. The fourth-order valence-corrected chi connectivity index (χ4v) is 3.54. The van der Waals surface area contributed by atoms with Crippen molar-refractivity contribution in [3.63, 3.8) is 0 Å². The topological polar surface area (TPSA) is 50.8 Å². The molecule has 0 radical (unpaired) electrons. The molecule has 5 nitrogen and oxygen atoms in total. The number of ether oxygens (including phenoxy) is 2. The van der Waals surface area contributed by atoms with Crippen LogP contribution in [0.3, 0.4) is 0 Å². The second kappa shape index (κ2) is 6.36. The van der Waals surface area contributed by atoms with E-state index in [4.69, 9.17) is 9.47 Å². The number of urea groups is 1. The van der Waals surface area contributed by atoms with Gasteiger partial charge in [0, 0.05) is 25.0 Å². The number of rotatable bonds is 2. The Morgan fingerprint density at radius 3 is 2.81 bits per heavy atom. The number of nitrogens with zero attached hydrogens (tertiary/aromatic N) is 1. The van der Waals surface area contributed by atoms with Crippen molar-refractivity contribution in [2.24, 2.45) is 5.92 Å². The first-order chi connectivity index (χ1) is 10.2. The Hall–Kier alpha value is -1.07. The van der Waals surface area contributed by atoms with Crippen LogP contribution in [0.4, 0.5) is 4.79 Å². The number of carbonyl (C=O) groups is 1. The first kappa shape index (κ1) is 14.9. The highest BCUT2D eigenvalue weighted by molar-refractivity contribution is 5.75. The van der Waals surface area contributed by atoms with Crippen molar-refractivity contribution in [1.82, 2.24) is 10.2 Å². The minimum atomic E-state index is -0.510. The Morgan fingerprint density at radius 1 is 1.29 bits per heavy atom. The molecular weight excluding hydrogens is 268 g/mol. The molecule has 0 aromatic rings. The van der Waals surface area contributed by atoms with E-state index in [2.05, 4.69) is 17.5 Å². The summed E-state index contributed by atoms with van der Waals surface area (Å²) in [5.41, 5.74) is 0. The van der Waals surface area contributed by atoms with E-state index in [1.54, 1.807) is 0 Å². The van der Waals surface area contributed by atoms with Gasteiger partial charge in [0.15, 0.2) is 5.79 Å². The molecule has 2 heterocycles. The zero-order valence-electron chi connectivity index (χ0n) is 12.8. The molecule has 5 heteroatoms. The summed E-state index contributed by atoms with van der Waals surface area (Å²) in [5, 5.41) is 3.13. The lowest BCUT2D eigenvalue weighted by Crippen LogP contribution is -2.52. The fraction of sp³-hybridized carbons (Fsp3) is 0.812. The minimum Gasteiger partial charge on any atom is -0.347 e. The van der Waals surface area contributed by atoms with E-state index in [1.165, 1.54) is 0 Å². The summed E-state index contributed by atoms with van der Waals surface area (Å²) in [6.45, 7) is 4.88. The largest absolute Gasteiger partial charge is 0.347 e. The number of hydrogen-bond acceptors (Lipinski definition) is 3. The molecule has 2 saturated heterocycles. The Kier molecular flexibility index (Phi) is 4.50. The standard InChI is InChI=1S/C16H26N2O3/c1-16(20-10-11-21-16)13-6-5-9-18(12-13)15(19)17-14-7-3-2-4-8-14/h3,7,13-14H,2,4-6,8-12H2,1H3,(H,17,19)/t13-,14+/m0/s1. The SMILES string of the molecule is CC1([C@H]2CCCN(C(=O)N[C@@H]3C=CCCC3)C2)OCCO1. The highest BCUT2D eigenvalue weighted by Gasteiger charge is 2.42. The molecule has 2 fully saturated rings. The molecule has 3 rings (SSSR count). The Bertz CT molecular complexity index is 404. The molecule has 3 aliphatic rings. The van der Waals surface area contributed by atoms with Crippen LogP contribution in [-0.2, 0) is 9.47 Å². The van der Waals surface area contributed by atoms with Gasteiger partial charge in [-0.05, 0) is 39.0 Å². The molecule has 0 aromatic carbocycles. The lowest BCUT2D eigenvalue weighted by molar-refractivity contribution is -0.189. The summed E-state index contributed by atoms with van der Waals surface area (Å²) in [4.78, 5) is 14.4. The smallest absolute Gasteiger partial charge is 0.317 e. The van der Waals surface area contributed by atoms with E-state index in [9.17, 15) is 4.79 Å². The van der Waals surface area contributed by atoms with Crippen LogP contribution in [0.5, 0.6) is 0 Å². The molecule has 118 valence electrons. The summed E-state index contributed by atoms with van der Waals surface area (Å²) in [7, 11) is 0. The molecule has 1 aliphatic carbocycles. The first-order valence-electron chi connectivity index (χ1n) is 8.17. The van der Waals surface area contributed by atoms with Crippen LogP contribution >= 0.6 is 0 Å². The highest BCUT2D eigenvalue weighted by atomic mass is 16.7. The Labute approximate surface area is 126 Å². The van der Waals surface area contributed by atoms with Crippen molar-refractivity contribution in [3.05, 3.63) is 12.2 Å². The minimum absolute atomic E-state index is 0.0536. The van der Waals surface area contributed by atoms with Gasteiger partial charge in [0.2, 0.25) is 0 Å². The summed E-state index contributed by atoms with van der Waals surface area (Å²) in [6.07, 6.45) is 9.69. The van der Waals surface area contributed by atoms with Crippen molar-refractivity contribution in [3.8, 4) is 0 Å². The predicted molar refractivity (Wildman–Crippen MR) is 79.9 cm³/mol. The molecule has 2 amide bonds. The maximum atomic E-state index is 12.4. The molecule has 0 saturated carbocycles. The second-order valence-corrected chi connectivity index (χ2v) is 6.41. The van der Waals surface area contributed by atoms with Crippen molar-refractivity contribution < 1.29 is 14.3 Å². The predicted octanol–water partition coefficient (Wildman–Crippen LogP) is 2.28. The van der Waals surface area contributed by atoms with Crippen LogP contribution in [0.1, 0.15) is 39.0 Å². The number of amides is 2. The van der Waals surface area contributed by atoms with Gasteiger partial charge in [-0.3, -0.25) is 0 Å².